The van der Waals surface area contributed by atoms with Crippen LogP contribution in [0.1, 0.15) is 39.7 Å². The van der Waals surface area contributed by atoms with Crippen LogP contribution in [0.3, 0.4) is 0 Å². The van der Waals surface area contributed by atoms with Crippen LogP contribution in [-0.4, -0.2) is 32.1 Å². The number of hydrogen-bond acceptors (Lipinski definition) is 4. The number of rotatable bonds is 6. The van der Waals surface area contributed by atoms with E-state index in [0.29, 0.717) is 24.6 Å². The summed E-state index contributed by atoms with van der Waals surface area (Å²) in [7, 11) is 1.58. The Kier molecular flexibility index (Phi) is 6.34. The molecule has 30 heavy (non-hydrogen) atoms. The van der Waals surface area contributed by atoms with E-state index in [4.69, 9.17) is 9.47 Å². The first kappa shape index (κ1) is 21.7. The van der Waals surface area contributed by atoms with Crippen LogP contribution in [-0.2, 0) is 15.0 Å². The van der Waals surface area contributed by atoms with Crippen LogP contribution in [0.15, 0.2) is 42.5 Å². The first-order chi connectivity index (χ1) is 14.2. The van der Waals surface area contributed by atoms with E-state index in [-0.39, 0.29) is 23.7 Å². The van der Waals surface area contributed by atoms with E-state index >= 15 is 0 Å². The predicted molar refractivity (Wildman–Crippen MR) is 118 cm³/mol. The van der Waals surface area contributed by atoms with E-state index in [0.717, 1.165) is 17.0 Å². The van der Waals surface area contributed by atoms with Gasteiger partial charge in [0.05, 0.1) is 25.3 Å². The van der Waals surface area contributed by atoms with Crippen molar-refractivity contribution in [3.63, 3.8) is 0 Å². The van der Waals surface area contributed by atoms with Crippen LogP contribution < -0.4 is 19.7 Å². The average molecular weight is 411 g/mol. The zero-order valence-corrected chi connectivity index (χ0v) is 18.3. The molecular formula is C24H30N2O4. The van der Waals surface area contributed by atoms with Crippen molar-refractivity contribution in [2.24, 2.45) is 5.92 Å². The monoisotopic (exact) mass is 410 g/mol. The average Bonchev–Trinajstić information content (AvgIpc) is 3.10. The molecule has 1 saturated heterocycles. The third-order valence-corrected chi connectivity index (χ3v) is 5.28. The maximum Gasteiger partial charge on any atom is 0.229 e. The molecule has 6 heteroatoms. The number of amides is 2. The van der Waals surface area contributed by atoms with Crippen molar-refractivity contribution < 1.29 is 19.1 Å². The van der Waals surface area contributed by atoms with Crippen LogP contribution >= 0.6 is 0 Å². The van der Waals surface area contributed by atoms with E-state index in [1.165, 1.54) is 0 Å². The molecule has 1 aliphatic rings. The lowest BCUT2D eigenvalue weighted by molar-refractivity contribution is -0.122. The molecule has 0 aliphatic carbocycles. The summed E-state index contributed by atoms with van der Waals surface area (Å²) in [6.07, 6.45) is 0.181. The Labute approximate surface area is 178 Å². The van der Waals surface area contributed by atoms with Crippen LogP contribution in [0.4, 0.5) is 11.4 Å². The van der Waals surface area contributed by atoms with Gasteiger partial charge in [-0.1, -0.05) is 26.8 Å². The van der Waals surface area contributed by atoms with Crippen LogP contribution in [0.5, 0.6) is 11.5 Å². The van der Waals surface area contributed by atoms with Gasteiger partial charge in [0.1, 0.15) is 11.5 Å². The van der Waals surface area contributed by atoms with Gasteiger partial charge >= 0.3 is 0 Å². The quantitative estimate of drug-likeness (QED) is 0.767. The van der Waals surface area contributed by atoms with E-state index < -0.39 is 5.92 Å². The number of carbonyl (C=O) groups is 2. The standard InChI is InChI=1S/C24H30N2O4/c1-6-30-19-10-8-18(9-11-19)26-15-16(13-22(26)27)23(28)25-20-14-17(24(2,3)4)7-12-21(20)29-5/h7-12,14,16H,6,13,15H2,1-5H3,(H,25,28). The van der Waals surface area contributed by atoms with Crippen molar-refractivity contribution >= 4 is 23.2 Å². The molecule has 3 rings (SSSR count). The molecule has 1 unspecified atom stereocenters. The molecule has 1 fully saturated rings. The Morgan fingerprint density at radius 1 is 1.17 bits per heavy atom. The largest absolute Gasteiger partial charge is 0.495 e. The summed E-state index contributed by atoms with van der Waals surface area (Å²) >= 11 is 0. The number of carbonyl (C=O) groups excluding carboxylic acids is 2. The minimum Gasteiger partial charge on any atom is -0.495 e. The molecular weight excluding hydrogens is 380 g/mol. The third-order valence-electron chi connectivity index (χ3n) is 5.28. The molecule has 0 radical (unpaired) electrons. The molecule has 2 aromatic carbocycles. The SMILES string of the molecule is CCOc1ccc(N2CC(C(=O)Nc3cc(C(C)(C)C)ccc3OC)CC2=O)cc1. The zero-order valence-electron chi connectivity index (χ0n) is 18.3. The highest BCUT2D eigenvalue weighted by Gasteiger charge is 2.35. The summed E-state index contributed by atoms with van der Waals surface area (Å²) < 4.78 is 10.9. The molecule has 1 heterocycles. The number of ether oxygens (including phenoxy) is 2. The summed E-state index contributed by atoms with van der Waals surface area (Å²) in [5.41, 5.74) is 2.43. The van der Waals surface area contributed by atoms with E-state index in [1.54, 1.807) is 12.0 Å². The molecule has 6 nitrogen and oxygen atoms in total. The van der Waals surface area contributed by atoms with Gasteiger partial charge in [0.15, 0.2) is 0 Å². The Balaban J connectivity index is 1.73. The third kappa shape index (κ3) is 4.75. The van der Waals surface area contributed by atoms with Gasteiger partial charge in [0.25, 0.3) is 0 Å². The summed E-state index contributed by atoms with van der Waals surface area (Å²) in [6.45, 7) is 9.21. The number of hydrogen-bond donors (Lipinski definition) is 1. The fourth-order valence-electron chi connectivity index (χ4n) is 3.53. The highest BCUT2D eigenvalue weighted by molar-refractivity contribution is 6.04. The Morgan fingerprint density at radius 2 is 1.87 bits per heavy atom. The molecule has 160 valence electrons. The molecule has 0 spiro atoms. The first-order valence-corrected chi connectivity index (χ1v) is 10.3. The second-order valence-electron chi connectivity index (χ2n) is 8.49. The van der Waals surface area contributed by atoms with Crippen LogP contribution in [0, 0.1) is 5.92 Å². The second-order valence-corrected chi connectivity index (χ2v) is 8.49. The minimum atomic E-state index is -0.424. The lowest BCUT2D eigenvalue weighted by atomic mass is 9.86. The van der Waals surface area contributed by atoms with Gasteiger partial charge in [-0.05, 0) is 54.3 Å². The molecule has 2 aromatic rings. The highest BCUT2D eigenvalue weighted by Crippen LogP contribution is 2.33. The van der Waals surface area contributed by atoms with E-state index in [1.807, 2.05) is 49.4 Å². The van der Waals surface area contributed by atoms with Gasteiger partial charge in [-0.25, -0.2) is 0 Å². The number of methoxy groups -OCH3 is 1. The Morgan fingerprint density at radius 3 is 2.47 bits per heavy atom. The molecule has 0 aromatic heterocycles. The van der Waals surface area contributed by atoms with Crippen molar-refractivity contribution in [2.75, 3.05) is 30.5 Å². The summed E-state index contributed by atoms with van der Waals surface area (Å²) in [6, 6.07) is 13.2. The highest BCUT2D eigenvalue weighted by atomic mass is 16.5. The fraction of sp³-hybridized carbons (Fsp3) is 0.417. The van der Waals surface area contributed by atoms with Crippen molar-refractivity contribution in [3.05, 3.63) is 48.0 Å². The number of nitrogens with one attached hydrogen (secondary N) is 1. The van der Waals surface area contributed by atoms with Gasteiger partial charge < -0.3 is 19.7 Å². The maximum absolute atomic E-state index is 12.9. The lowest BCUT2D eigenvalue weighted by Crippen LogP contribution is -2.28. The van der Waals surface area contributed by atoms with Gasteiger partial charge in [0.2, 0.25) is 11.8 Å². The number of nitrogens with zero attached hydrogens (tertiary/aromatic N) is 1. The topological polar surface area (TPSA) is 67.9 Å². The van der Waals surface area contributed by atoms with Crippen molar-refractivity contribution in [3.8, 4) is 11.5 Å². The Bertz CT molecular complexity index is 916. The van der Waals surface area contributed by atoms with Gasteiger partial charge in [-0.15, -0.1) is 0 Å². The molecule has 1 N–H and O–H groups in total. The lowest BCUT2D eigenvalue weighted by Gasteiger charge is -2.22. The van der Waals surface area contributed by atoms with Crippen molar-refractivity contribution in [2.45, 2.75) is 39.5 Å². The van der Waals surface area contributed by atoms with Crippen LogP contribution in [0.2, 0.25) is 0 Å². The van der Waals surface area contributed by atoms with Crippen molar-refractivity contribution in [1.82, 2.24) is 0 Å². The van der Waals surface area contributed by atoms with E-state index in [9.17, 15) is 9.59 Å². The second kappa shape index (κ2) is 8.78. The number of benzene rings is 2. The molecule has 0 bridgehead atoms. The maximum atomic E-state index is 12.9. The van der Waals surface area contributed by atoms with Crippen LogP contribution in [0.25, 0.3) is 0 Å². The molecule has 1 atom stereocenters. The smallest absolute Gasteiger partial charge is 0.229 e. The van der Waals surface area contributed by atoms with Crippen molar-refractivity contribution in [1.29, 1.82) is 0 Å². The molecule has 0 saturated carbocycles. The minimum absolute atomic E-state index is 0.0560. The van der Waals surface area contributed by atoms with E-state index in [2.05, 4.69) is 26.1 Å². The molecule has 1 aliphatic heterocycles. The summed E-state index contributed by atoms with van der Waals surface area (Å²) in [5, 5.41) is 2.97. The zero-order chi connectivity index (χ0) is 21.9. The molecule has 2 amide bonds. The predicted octanol–water partition coefficient (Wildman–Crippen LogP) is 4.38. The fourth-order valence-corrected chi connectivity index (χ4v) is 3.53. The number of anilines is 2. The summed E-state index contributed by atoms with van der Waals surface area (Å²) in [4.78, 5) is 27.1. The normalized spacial score (nSPS) is 16.5. The Hall–Kier alpha value is -3.02. The summed E-state index contributed by atoms with van der Waals surface area (Å²) in [5.74, 6) is 0.694. The first-order valence-electron chi connectivity index (χ1n) is 10.3. The van der Waals surface area contributed by atoms with Gasteiger partial charge in [-0.3, -0.25) is 9.59 Å². The van der Waals surface area contributed by atoms with Gasteiger partial charge in [-0.2, -0.15) is 0 Å². The van der Waals surface area contributed by atoms with Gasteiger partial charge in [0, 0.05) is 18.7 Å².